The van der Waals surface area contributed by atoms with Crippen LogP contribution in [0.5, 0.6) is 0 Å². The lowest BCUT2D eigenvalue weighted by atomic mass is 10.0. The van der Waals surface area contributed by atoms with Gasteiger partial charge in [-0.25, -0.2) is 22.8 Å². The molecule has 0 radical (unpaired) electrons. The molecule has 0 amide bonds. The van der Waals surface area contributed by atoms with Gasteiger partial charge in [-0.05, 0) is 76.2 Å². The molecule has 0 bridgehead atoms. The van der Waals surface area contributed by atoms with E-state index in [4.69, 9.17) is 4.98 Å². The monoisotopic (exact) mass is 525 g/mol. The Morgan fingerprint density at radius 3 is 2.35 bits per heavy atom. The molecule has 1 saturated heterocycles. The number of anilines is 3. The number of nitrogens with one attached hydrogen (secondary N) is 1. The molecule has 0 aliphatic carbocycles. The van der Waals surface area contributed by atoms with E-state index in [0.717, 1.165) is 48.7 Å². The molecule has 9 heteroatoms. The highest BCUT2D eigenvalue weighted by Gasteiger charge is 2.30. The standard InChI is InChI=1S/C28H36FN5O2S/c1-20-18-30-27(31-23-7-9-24(10-8-23)34-14-12-33(5)13-15-34)32-26(20)17-21-6-11-25(29)22(16-21)19-37(35,36)28(2,3)4/h6-11,16,18H,12-15,17,19H2,1-5H3,(H,30,31,32). The van der Waals surface area contributed by atoms with E-state index >= 15 is 0 Å². The van der Waals surface area contributed by atoms with Crippen LogP contribution < -0.4 is 10.2 Å². The van der Waals surface area contributed by atoms with Gasteiger partial charge in [0.25, 0.3) is 0 Å². The first-order valence-corrected chi connectivity index (χ1v) is 14.2. The van der Waals surface area contributed by atoms with Gasteiger partial charge in [0.05, 0.1) is 16.2 Å². The van der Waals surface area contributed by atoms with Crippen LogP contribution in [-0.2, 0) is 22.0 Å². The third kappa shape index (κ3) is 6.64. The zero-order valence-electron chi connectivity index (χ0n) is 22.3. The summed E-state index contributed by atoms with van der Waals surface area (Å²) in [6, 6.07) is 12.9. The molecule has 37 heavy (non-hydrogen) atoms. The van der Waals surface area contributed by atoms with Crippen LogP contribution in [0.15, 0.2) is 48.7 Å². The maximum absolute atomic E-state index is 14.5. The minimum atomic E-state index is -3.51. The molecule has 1 aliphatic rings. The molecule has 0 spiro atoms. The Morgan fingerprint density at radius 2 is 1.70 bits per heavy atom. The number of likely N-dealkylation sites (N-methyl/N-ethyl adjacent to an activating group) is 1. The van der Waals surface area contributed by atoms with Crippen LogP contribution in [0.3, 0.4) is 0 Å². The van der Waals surface area contributed by atoms with Crippen molar-refractivity contribution in [3.05, 3.63) is 76.9 Å². The fourth-order valence-electron chi connectivity index (χ4n) is 4.13. The van der Waals surface area contributed by atoms with Crippen molar-refractivity contribution in [2.45, 2.75) is 44.6 Å². The van der Waals surface area contributed by atoms with Gasteiger partial charge in [-0.3, -0.25) is 0 Å². The Morgan fingerprint density at radius 1 is 1.03 bits per heavy atom. The lowest BCUT2D eigenvalue weighted by Gasteiger charge is -2.34. The number of sulfone groups is 1. The molecule has 2 aromatic carbocycles. The molecule has 0 saturated carbocycles. The number of hydrogen-bond donors (Lipinski definition) is 1. The number of halogens is 1. The van der Waals surface area contributed by atoms with Gasteiger partial charge < -0.3 is 15.1 Å². The fraction of sp³-hybridized carbons (Fsp3) is 0.429. The summed E-state index contributed by atoms with van der Waals surface area (Å²) >= 11 is 0. The van der Waals surface area contributed by atoms with Gasteiger partial charge in [-0.15, -0.1) is 0 Å². The summed E-state index contributed by atoms with van der Waals surface area (Å²) < 4.78 is 38.8. The van der Waals surface area contributed by atoms with Crippen molar-refractivity contribution < 1.29 is 12.8 Å². The Labute approximate surface area is 219 Å². The van der Waals surface area contributed by atoms with E-state index < -0.39 is 20.4 Å². The third-order valence-corrected chi connectivity index (χ3v) is 9.39. The van der Waals surface area contributed by atoms with Gasteiger partial charge in [0.15, 0.2) is 9.84 Å². The van der Waals surface area contributed by atoms with E-state index in [-0.39, 0.29) is 11.3 Å². The summed E-state index contributed by atoms with van der Waals surface area (Å²) in [5.74, 6) is -0.375. The summed E-state index contributed by atoms with van der Waals surface area (Å²) in [5, 5.41) is 3.27. The summed E-state index contributed by atoms with van der Waals surface area (Å²) in [6.07, 6.45) is 2.20. The van der Waals surface area contributed by atoms with Crippen molar-refractivity contribution in [3.63, 3.8) is 0 Å². The van der Waals surface area contributed by atoms with Crippen molar-refractivity contribution >= 4 is 27.2 Å². The first-order valence-electron chi connectivity index (χ1n) is 12.5. The van der Waals surface area contributed by atoms with Crippen LogP contribution in [0.2, 0.25) is 0 Å². The SMILES string of the molecule is Cc1cnc(Nc2ccc(N3CCN(C)CC3)cc2)nc1Cc1ccc(F)c(CS(=O)(=O)C(C)(C)C)c1. The maximum atomic E-state index is 14.5. The van der Waals surface area contributed by atoms with Crippen LogP contribution in [0.25, 0.3) is 0 Å². The van der Waals surface area contributed by atoms with Gasteiger partial charge in [-0.2, -0.15) is 0 Å². The molecule has 7 nitrogen and oxygen atoms in total. The van der Waals surface area contributed by atoms with Crippen molar-refractivity contribution in [1.82, 2.24) is 14.9 Å². The first kappa shape index (κ1) is 27.0. The number of aryl methyl sites for hydroxylation is 1. The van der Waals surface area contributed by atoms with Gasteiger partial charge in [0.1, 0.15) is 5.82 Å². The fourth-order valence-corrected chi connectivity index (χ4v) is 5.19. The quantitative estimate of drug-likeness (QED) is 0.478. The highest BCUT2D eigenvalue weighted by Crippen LogP contribution is 2.25. The predicted molar refractivity (Wildman–Crippen MR) is 148 cm³/mol. The molecule has 2 heterocycles. The zero-order chi connectivity index (χ0) is 26.8. The highest BCUT2D eigenvalue weighted by molar-refractivity contribution is 7.91. The second kappa shape index (κ2) is 10.8. The smallest absolute Gasteiger partial charge is 0.227 e. The van der Waals surface area contributed by atoms with Gasteiger partial charge in [-0.1, -0.05) is 12.1 Å². The average molecular weight is 526 g/mol. The summed E-state index contributed by atoms with van der Waals surface area (Å²) in [6.45, 7) is 11.0. The molecule has 4 rings (SSSR count). The predicted octanol–water partition coefficient (Wildman–Crippen LogP) is 4.72. The van der Waals surface area contributed by atoms with Gasteiger partial charge in [0.2, 0.25) is 5.95 Å². The van der Waals surface area contributed by atoms with Crippen molar-refractivity contribution in [2.24, 2.45) is 0 Å². The van der Waals surface area contributed by atoms with Gasteiger partial charge in [0, 0.05) is 55.7 Å². The molecule has 1 N–H and O–H groups in total. The molecular formula is C28H36FN5O2S. The molecule has 0 atom stereocenters. The van der Waals surface area contributed by atoms with E-state index in [1.165, 1.54) is 11.8 Å². The largest absolute Gasteiger partial charge is 0.369 e. The van der Waals surface area contributed by atoms with Crippen molar-refractivity contribution in [3.8, 4) is 0 Å². The van der Waals surface area contributed by atoms with Crippen LogP contribution in [0.4, 0.5) is 21.7 Å². The van der Waals surface area contributed by atoms with Gasteiger partial charge >= 0.3 is 0 Å². The Bertz CT molecular complexity index is 1350. The number of hydrogen-bond acceptors (Lipinski definition) is 7. The second-order valence-corrected chi connectivity index (χ2v) is 13.5. The summed E-state index contributed by atoms with van der Waals surface area (Å²) in [4.78, 5) is 13.8. The number of nitrogens with zero attached hydrogens (tertiary/aromatic N) is 4. The van der Waals surface area contributed by atoms with E-state index in [0.29, 0.717) is 12.4 Å². The van der Waals surface area contributed by atoms with Crippen LogP contribution >= 0.6 is 0 Å². The summed E-state index contributed by atoms with van der Waals surface area (Å²) in [7, 11) is -1.36. The molecule has 198 valence electrons. The molecule has 0 unspecified atom stereocenters. The van der Waals surface area contributed by atoms with Crippen molar-refractivity contribution in [1.29, 1.82) is 0 Å². The average Bonchev–Trinajstić information content (AvgIpc) is 2.83. The molecule has 1 aliphatic heterocycles. The molecular weight excluding hydrogens is 489 g/mol. The molecule has 1 fully saturated rings. The van der Waals surface area contributed by atoms with Crippen molar-refractivity contribution in [2.75, 3.05) is 43.4 Å². The Kier molecular flexibility index (Phi) is 7.85. The Hall–Kier alpha value is -3.04. The lowest BCUT2D eigenvalue weighted by Crippen LogP contribution is -2.44. The van der Waals surface area contributed by atoms with E-state index in [2.05, 4.69) is 39.3 Å². The van der Waals surface area contributed by atoms with Crippen LogP contribution in [0.1, 0.15) is 43.2 Å². The third-order valence-electron chi connectivity index (χ3n) is 6.83. The number of aromatic nitrogens is 2. The van der Waals surface area contributed by atoms with E-state index in [1.807, 2.05) is 19.1 Å². The normalized spacial score (nSPS) is 15.1. The zero-order valence-corrected chi connectivity index (χ0v) is 23.1. The van der Waals surface area contributed by atoms with E-state index in [1.54, 1.807) is 39.1 Å². The minimum Gasteiger partial charge on any atom is -0.369 e. The second-order valence-electron chi connectivity index (χ2n) is 10.8. The van der Waals surface area contributed by atoms with Crippen LogP contribution in [0, 0.1) is 12.7 Å². The Balaban J connectivity index is 1.48. The molecule has 1 aromatic heterocycles. The first-order chi connectivity index (χ1) is 17.4. The highest BCUT2D eigenvalue weighted by atomic mass is 32.2. The van der Waals surface area contributed by atoms with E-state index in [9.17, 15) is 12.8 Å². The lowest BCUT2D eigenvalue weighted by molar-refractivity contribution is 0.313. The minimum absolute atomic E-state index is 0.179. The van der Waals surface area contributed by atoms with Crippen LogP contribution in [-0.4, -0.2) is 61.3 Å². The number of piperazine rings is 1. The number of rotatable bonds is 7. The summed E-state index contributed by atoms with van der Waals surface area (Å²) in [5.41, 5.74) is 4.77. The number of benzene rings is 2. The maximum Gasteiger partial charge on any atom is 0.227 e. The molecule has 3 aromatic rings. The topological polar surface area (TPSA) is 78.4 Å².